The van der Waals surface area contributed by atoms with Gasteiger partial charge in [0.15, 0.2) is 5.96 Å². The van der Waals surface area contributed by atoms with Crippen LogP contribution >= 0.6 is 24.0 Å². The molecule has 0 spiro atoms. The number of hydrogen-bond acceptors (Lipinski definition) is 3. The lowest BCUT2D eigenvalue weighted by Crippen LogP contribution is -2.38. The summed E-state index contributed by atoms with van der Waals surface area (Å²) in [6, 6.07) is 6.57. The van der Waals surface area contributed by atoms with E-state index in [1.807, 2.05) is 6.07 Å². The van der Waals surface area contributed by atoms with Gasteiger partial charge >= 0.3 is 6.61 Å². The summed E-state index contributed by atoms with van der Waals surface area (Å²) >= 11 is 0. The Morgan fingerprint density at radius 3 is 2.60 bits per heavy atom. The van der Waals surface area contributed by atoms with Crippen molar-refractivity contribution in [2.24, 2.45) is 10.9 Å². The molecule has 5 nitrogen and oxygen atoms in total. The molecule has 0 bridgehead atoms. The molecular weight excluding hydrogens is 443 g/mol. The van der Waals surface area contributed by atoms with E-state index >= 15 is 0 Å². The van der Waals surface area contributed by atoms with Gasteiger partial charge in [0.25, 0.3) is 0 Å². The third-order valence-electron chi connectivity index (χ3n) is 3.19. The zero-order valence-corrected chi connectivity index (χ0v) is 17.3. The largest absolute Gasteiger partial charge is 0.435 e. The minimum atomic E-state index is -2.82. The molecule has 1 rings (SSSR count). The molecule has 0 aromatic heterocycles. The van der Waals surface area contributed by atoms with Gasteiger partial charge in [-0.25, -0.2) is 0 Å². The average molecular weight is 471 g/mol. The van der Waals surface area contributed by atoms with Gasteiger partial charge in [-0.1, -0.05) is 26.0 Å². The Morgan fingerprint density at radius 1 is 1.20 bits per heavy atom. The van der Waals surface area contributed by atoms with E-state index in [0.717, 1.165) is 18.6 Å². The maximum atomic E-state index is 12.2. The Balaban J connectivity index is 0.00000576. The average Bonchev–Trinajstić information content (AvgIpc) is 2.53. The van der Waals surface area contributed by atoms with E-state index in [1.165, 1.54) is 6.07 Å². The fourth-order valence-electron chi connectivity index (χ4n) is 1.90. The highest BCUT2D eigenvalue weighted by atomic mass is 127. The van der Waals surface area contributed by atoms with E-state index in [4.69, 9.17) is 4.74 Å². The quantitative estimate of drug-likeness (QED) is 0.237. The monoisotopic (exact) mass is 471 g/mol. The van der Waals surface area contributed by atoms with E-state index in [0.29, 0.717) is 31.6 Å². The fourth-order valence-corrected chi connectivity index (χ4v) is 1.90. The fraction of sp³-hybridized carbons (Fsp3) is 0.588. The van der Waals surface area contributed by atoms with Crippen LogP contribution in [-0.2, 0) is 11.3 Å². The van der Waals surface area contributed by atoms with Crippen LogP contribution in [0.3, 0.4) is 0 Å². The third-order valence-corrected chi connectivity index (χ3v) is 3.19. The first-order valence-electron chi connectivity index (χ1n) is 8.07. The number of rotatable bonds is 10. The highest BCUT2D eigenvalue weighted by Crippen LogP contribution is 2.15. The number of hydrogen-bond donors (Lipinski definition) is 2. The SMILES string of the molecule is CN=C(NCCOCCC(C)C)NCc1cccc(OC(F)F)c1.I. The first kappa shape index (κ1) is 23.8. The minimum Gasteiger partial charge on any atom is -0.435 e. The molecule has 1 aromatic carbocycles. The molecule has 0 saturated heterocycles. The predicted molar refractivity (Wildman–Crippen MR) is 107 cm³/mol. The second-order valence-corrected chi connectivity index (χ2v) is 5.67. The van der Waals surface area contributed by atoms with Gasteiger partial charge in [0.1, 0.15) is 5.75 Å². The van der Waals surface area contributed by atoms with Crippen LogP contribution in [0, 0.1) is 5.92 Å². The van der Waals surface area contributed by atoms with E-state index in [-0.39, 0.29) is 29.7 Å². The van der Waals surface area contributed by atoms with Crippen molar-refractivity contribution in [2.45, 2.75) is 33.4 Å². The maximum Gasteiger partial charge on any atom is 0.387 e. The zero-order valence-electron chi connectivity index (χ0n) is 14.9. The van der Waals surface area contributed by atoms with E-state index < -0.39 is 6.61 Å². The van der Waals surface area contributed by atoms with Crippen molar-refractivity contribution < 1.29 is 18.3 Å². The number of aliphatic imine (C=N–C) groups is 1. The highest BCUT2D eigenvalue weighted by molar-refractivity contribution is 14.0. The Morgan fingerprint density at radius 2 is 1.96 bits per heavy atom. The summed E-state index contributed by atoms with van der Waals surface area (Å²) in [7, 11) is 1.67. The second kappa shape index (κ2) is 14.1. The molecular formula is C17H28F2IN3O2. The number of benzene rings is 1. The molecule has 0 aliphatic carbocycles. The smallest absolute Gasteiger partial charge is 0.387 e. The Labute approximate surface area is 165 Å². The molecule has 0 heterocycles. The summed E-state index contributed by atoms with van der Waals surface area (Å²) in [6.45, 7) is 3.95. The van der Waals surface area contributed by atoms with Crippen molar-refractivity contribution in [3.63, 3.8) is 0 Å². The van der Waals surface area contributed by atoms with Crippen LogP contribution in [0.4, 0.5) is 8.78 Å². The van der Waals surface area contributed by atoms with Gasteiger partial charge in [-0.05, 0) is 30.0 Å². The number of ether oxygens (including phenoxy) is 2. The molecule has 2 N–H and O–H groups in total. The predicted octanol–water partition coefficient (Wildman–Crippen LogP) is 3.63. The molecule has 0 fully saturated rings. The Kier molecular flexibility index (Phi) is 13.4. The maximum absolute atomic E-state index is 12.2. The van der Waals surface area contributed by atoms with Crippen LogP contribution in [0.1, 0.15) is 25.8 Å². The lowest BCUT2D eigenvalue weighted by Gasteiger charge is -2.13. The number of halogens is 3. The zero-order chi connectivity index (χ0) is 17.8. The molecule has 0 aliphatic heterocycles. The Hall–Kier alpha value is -1.16. The van der Waals surface area contributed by atoms with Gasteiger partial charge in [-0.2, -0.15) is 8.78 Å². The first-order valence-corrected chi connectivity index (χ1v) is 8.07. The molecule has 0 radical (unpaired) electrons. The van der Waals surface area contributed by atoms with Gasteiger partial charge in [0, 0.05) is 26.7 Å². The van der Waals surface area contributed by atoms with E-state index in [1.54, 1.807) is 19.2 Å². The van der Waals surface area contributed by atoms with Crippen LogP contribution in [0.5, 0.6) is 5.75 Å². The van der Waals surface area contributed by atoms with Crippen molar-refractivity contribution in [3.05, 3.63) is 29.8 Å². The van der Waals surface area contributed by atoms with Gasteiger partial charge in [-0.3, -0.25) is 4.99 Å². The second-order valence-electron chi connectivity index (χ2n) is 5.67. The van der Waals surface area contributed by atoms with Crippen molar-refractivity contribution in [1.29, 1.82) is 0 Å². The summed E-state index contributed by atoms with van der Waals surface area (Å²) in [5.41, 5.74) is 0.823. The van der Waals surface area contributed by atoms with Crippen LogP contribution < -0.4 is 15.4 Å². The van der Waals surface area contributed by atoms with Gasteiger partial charge < -0.3 is 20.1 Å². The van der Waals surface area contributed by atoms with Crippen molar-refractivity contribution in [2.75, 3.05) is 26.8 Å². The standard InChI is InChI=1S/C17H27F2N3O2.HI/c1-13(2)7-9-23-10-8-21-17(20-3)22-12-14-5-4-6-15(11-14)24-16(18)19;/h4-6,11,13,16H,7-10,12H2,1-3H3,(H2,20,21,22);1H. The lowest BCUT2D eigenvalue weighted by molar-refractivity contribution is -0.0498. The summed E-state index contributed by atoms with van der Waals surface area (Å²) in [5.74, 6) is 1.41. The molecule has 0 amide bonds. The highest BCUT2D eigenvalue weighted by Gasteiger charge is 2.05. The molecule has 8 heteroatoms. The summed E-state index contributed by atoms with van der Waals surface area (Å²) in [6.07, 6.45) is 1.05. The van der Waals surface area contributed by atoms with Crippen LogP contribution in [-0.4, -0.2) is 39.4 Å². The van der Waals surface area contributed by atoms with E-state index in [9.17, 15) is 8.78 Å². The summed E-state index contributed by atoms with van der Waals surface area (Å²) in [4.78, 5) is 4.11. The molecule has 1 aromatic rings. The topological polar surface area (TPSA) is 54.9 Å². The van der Waals surface area contributed by atoms with E-state index in [2.05, 4.69) is 34.2 Å². The molecule has 0 saturated carbocycles. The molecule has 25 heavy (non-hydrogen) atoms. The lowest BCUT2D eigenvalue weighted by atomic mass is 10.1. The van der Waals surface area contributed by atoms with Crippen molar-refractivity contribution in [1.82, 2.24) is 10.6 Å². The normalized spacial score (nSPS) is 11.4. The number of nitrogens with zero attached hydrogens (tertiary/aromatic N) is 1. The van der Waals surface area contributed by atoms with Crippen LogP contribution in [0.15, 0.2) is 29.3 Å². The third kappa shape index (κ3) is 11.9. The summed E-state index contributed by atoms with van der Waals surface area (Å²) < 4.78 is 34.3. The number of alkyl halides is 2. The molecule has 0 atom stereocenters. The number of guanidine groups is 1. The van der Waals surface area contributed by atoms with Crippen molar-refractivity contribution >= 4 is 29.9 Å². The molecule has 0 aliphatic rings. The van der Waals surface area contributed by atoms with Gasteiger partial charge in [-0.15, -0.1) is 24.0 Å². The first-order chi connectivity index (χ1) is 11.5. The van der Waals surface area contributed by atoms with Crippen molar-refractivity contribution in [3.8, 4) is 5.75 Å². The van der Waals surface area contributed by atoms with Gasteiger partial charge in [0.05, 0.1) is 6.61 Å². The molecule has 0 unspecified atom stereocenters. The summed E-state index contributed by atoms with van der Waals surface area (Å²) in [5, 5.41) is 6.25. The Bertz CT molecular complexity index is 503. The van der Waals surface area contributed by atoms with Crippen LogP contribution in [0.2, 0.25) is 0 Å². The number of nitrogens with one attached hydrogen (secondary N) is 2. The minimum absolute atomic E-state index is 0. The molecule has 144 valence electrons. The van der Waals surface area contributed by atoms with Gasteiger partial charge in [0.2, 0.25) is 0 Å². The van der Waals surface area contributed by atoms with Crippen LogP contribution in [0.25, 0.3) is 0 Å².